The number of hydrogen-bond acceptors (Lipinski definition) is 4. The molecule has 1 aromatic carbocycles. The number of carbonyl (C=O) groups is 3. The van der Waals surface area contributed by atoms with E-state index >= 15 is 0 Å². The highest BCUT2D eigenvalue weighted by atomic mass is 16.4. The summed E-state index contributed by atoms with van der Waals surface area (Å²) < 4.78 is 1.41. The SMILES string of the molecule is N#CCNC(=O)N(CCc1cn(C=O)c2ccccc12)C(=O)O. The van der Waals surface area contributed by atoms with E-state index in [2.05, 4.69) is 5.32 Å². The Bertz CT molecular complexity index is 790. The van der Waals surface area contributed by atoms with E-state index in [-0.39, 0.29) is 19.5 Å². The van der Waals surface area contributed by atoms with E-state index in [0.29, 0.717) is 16.8 Å². The summed E-state index contributed by atoms with van der Waals surface area (Å²) in [6.07, 6.45) is 1.14. The van der Waals surface area contributed by atoms with Gasteiger partial charge in [0.2, 0.25) is 6.41 Å². The second-order valence-electron chi connectivity index (χ2n) is 4.69. The summed E-state index contributed by atoms with van der Waals surface area (Å²) in [5.41, 5.74) is 1.47. The molecule has 8 heteroatoms. The van der Waals surface area contributed by atoms with Crippen molar-refractivity contribution in [3.63, 3.8) is 0 Å². The Kier molecular flexibility index (Phi) is 4.94. The molecule has 118 valence electrons. The second-order valence-corrected chi connectivity index (χ2v) is 4.69. The summed E-state index contributed by atoms with van der Waals surface area (Å²) in [4.78, 5) is 34.6. The largest absolute Gasteiger partial charge is 0.465 e. The number of urea groups is 1. The fourth-order valence-corrected chi connectivity index (χ4v) is 2.29. The lowest BCUT2D eigenvalue weighted by Gasteiger charge is -2.16. The van der Waals surface area contributed by atoms with Crippen molar-refractivity contribution in [2.45, 2.75) is 6.42 Å². The molecule has 0 aliphatic rings. The molecule has 2 N–H and O–H groups in total. The van der Waals surface area contributed by atoms with Crippen LogP contribution in [0.4, 0.5) is 9.59 Å². The molecule has 1 heterocycles. The molecule has 0 fully saturated rings. The number of amides is 3. The maximum absolute atomic E-state index is 11.7. The predicted molar refractivity (Wildman–Crippen MR) is 81.5 cm³/mol. The molecule has 0 saturated carbocycles. The number of carbonyl (C=O) groups excluding carboxylic acids is 2. The Labute approximate surface area is 131 Å². The zero-order valence-corrected chi connectivity index (χ0v) is 12.1. The molecule has 0 aliphatic carbocycles. The summed E-state index contributed by atoms with van der Waals surface area (Å²) >= 11 is 0. The van der Waals surface area contributed by atoms with E-state index < -0.39 is 12.1 Å². The topological polar surface area (TPSA) is 115 Å². The van der Waals surface area contributed by atoms with Crippen LogP contribution in [-0.4, -0.2) is 46.2 Å². The number of fused-ring (bicyclic) bond motifs is 1. The normalized spacial score (nSPS) is 10.0. The molecule has 0 atom stereocenters. The van der Waals surface area contributed by atoms with Gasteiger partial charge >= 0.3 is 12.1 Å². The van der Waals surface area contributed by atoms with Gasteiger partial charge in [0.1, 0.15) is 6.54 Å². The van der Waals surface area contributed by atoms with E-state index in [1.807, 2.05) is 12.1 Å². The van der Waals surface area contributed by atoms with Crippen LogP contribution in [0, 0.1) is 11.3 Å². The van der Waals surface area contributed by atoms with Gasteiger partial charge in [0.15, 0.2) is 0 Å². The van der Waals surface area contributed by atoms with Crippen molar-refractivity contribution >= 4 is 29.4 Å². The third-order valence-corrected chi connectivity index (χ3v) is 3.34. The van der Waals surface area contributed by atoms with Gasteiger partial charge in [0, 0.05) is 18.1 Å². The van der Waals surface area contributed by atoms with Crippen LogP contribution in [0.5, 0.6) is 0 Å². The summed E-state index contributed by atoms with van der Waals surface area (Å²) in [5.74, 6) is 0. The maximum atomic E-state index is 11.7. The average molecular weight is 314 g/mol. The maximum Gasteiger partial charge on any atom is 0.415 e. The monoisotopic (exact) mass is 314 g/mol. The first kappa shape index (κ1) is 16.0. The van der Waals surface area contributed by atoms with Gasteiger partial charge in [-0.3, -0.25) is 9.36 Å². The van der Waals surface area contributed by atoms with Crippen LogP contribution in [0.25, 0.3) is 10.9 Å². The van der Waals surface area contributed by atoms with Crippen LogP contribution in [-0.2, 0) is 11.2 Å². The lowest BCUT2D eigenvalue weighted by atomic mass is 10.1. The highest BCUT2D eigenvalue weighted by Gasteiger charge is 2.20. The van der Waals surface area contributed by atoms with Crippen molar-refractivity contribution in [1.29, 1.82) is 5.26 Å². The molecule has 1 aromatic heterocycles. The minimum atomic E-state index is -1.40. The number of benzene rings is 1. The molecule has 23 heavy (non-hydrogen) atoms. The summed E-state index contributed by atoms with van der Waals surface area (Å²) in [7, 11) is 0. The van der Waals surface area contributed by atoms with Gasteiger partial charge in [-0.1, -0.05) is 18.2 Å². The van der Waals surface area contributed by atoms with E-state index in [1.54, 1.807) is 24.4 Å². The van der Waals surface area contributed by atoms with Crippen molar-refractivity contribution in [1.82, 2.24) is 14.8 Å². The molecule has 8 nitrogen and oxygen atoms in total. The fraction of sp³-hybridized carbons (Fsp3) is 0.200. The van der Waals surface area contributed by atoms with Crippen molar-refractivity contribution in [3.8, 4) is 6.07 Å². The number of hydrogen-bond donors (Lipinski definition) is 2. The summed E-state index contributed by atoms with van der Waals surface area (Å²) in [6.45, 7) is -0.355. The Morgan fingerprint density at radius 2 is 2.13 bits per heavy atom. The molecule has 0 radical (unpaired) electrons. The van der Waals surface area contributed by atoms with Crippen LogP contribution < -0.4 is 5.32 Å². The number of nitrogens with zero attached hydrogens (tertiary/aromatic N) is 3. The van der Waals surface area contributed by atoms with Crippen LogP contribution in [0.2, 0.25) is 0 Å². The molecule has 2 rings (SSSR count). The zero-order chi connectivity index (χ0) is 16.8. The van der Waals surface area contributed by atoms with Crippen molar-refractivity contribution in [2.75, 3.05) is 13.1 Å². The summed E-state index contributed by atoms with van der Waals surface area (Å²) in [5, 5.41) is 20.5. The van der Waals surface area contributed by atoms with Gasteiger partial charge < -0.3 is 10.4 Å². The average Bonchev–Trinajstić information content (AvgIpc) is 2.91. The summed E-state index contributed by atoms with van der Waals surface area (Å²) in [6, 6.07) is 8.07. The van der Waals surface area contributed by atoms with E-state index in [1.165, 1.54) is 4.57 Å². The van der Waals surface area contributed by atoms with Crippen LogP contribution in [0.3, 0.4) is 0 Å². The number of aromatic nitrogens is 1. The predicted octanol–water partition coefficient (Wildman–Crippen LogP) is 1.44. The quantitative estimate of drug-likeness (QED) is 0.640. The zero-order valence-electron chi connectivity index (χ0n) is 12.1. The van der Waals surface area contributed by atoms with Gasteiger partial charge in [-0.15, -0.1) is 0 Å². The first-order valence-electron chi connectivity index (χ1n) is 6.77. The smallest absolute Gasteiger partial charge is 0.415 e. The molecule has 0 bridgehead atoms. The van der Waals surface area contributed by atoms with Crippen LogP contribution in [0.1, 0.15) is 5.56 Å². The number of carboxylic acid groups (broad SMARTS) is 1. The molecular formula is C15H14N4O4. The number of rotatable bonds is 5. The minimum absolute atomic E-state index is 0.0839. The van der Waals surface area contributed by atoms with Crippen molar-refractivity contribution in [2.24, 2.45) is 0 Å². The van der Waals surface area contributed by atoms with E-state index in [9.17, 15) is 14.4 Å². The first-order valence-corrected chi connectivity index (χ1v) is 6.77. The molecule has 2 aromatic rings. The van der Waals surface area contributed by atoms with Gasteiger partial charge in [-0.25, -0.2) is 14.5 Å². The Balaban J connectivity index is 2.18. The minimum Gasteiger partial charge on any atom is -0.465 e. The lowest BCUT2D eigenvalue weighted by molar-refractivity contribution is 0.148. The van der Waals surface area contributed by atoms with Gasteiger partial charge in [-0.05, 0) is 18.1 Å². The number of nitrogens with one attached hydrogen (secondary N) is 1. The Morgan fingerprint density at radius 1 is 1.39 bits per heavy atom. The van der Waals surface area contributed by atoms with E-state index in [4.69, 9.17) is 10.4 Å². The van der Waals surface area contributed by atoms with E-state index in [0.717, 1.165) is 10.9 Å². The first-order chi connectivity index (χ1) is 11.1. The molecule has 0 saturated heterocycles. The molecule has 3 amide bonds. The molecule has 0 spiro atoms. The van der Waals surface area contributed by atoms with Crippen LogP contribution >= 0.6 is 0 Å². The van der Waals surface area contributed by atoms with Crippen molar-refractivity contribution < 1.29 is 19.5 Å². The van der Waals surface area contributed by atoms with Gasteiger partial charge in [0.05, 0.1) is 11.6 Å². The number of imide groups is 1. The third-order valence-electron chi connectivity index (χ3n) is 3.34. The Morgan fingerprint density at radius 3 is 2.78 bits per heavy atom. The number of para-hydroxylation sites is 1. The van der Waals surface area contributed by atoms with Crippen LogP contribution in [0.15, 0.2) is 30.5 Å². The lowest BCUT2D eigenvalue weighted by Crippen LogP contribution is -2.44. The highest BCUT2D eigenvalue weighted by molar-refractivity contribution is 5.91. The van der Waals surface area contributed by atoms with Gasteiger partial charge in [0.25, 0.3) is 0 Å². The highest BCUT2D eigenvalue weighted by Crippen LogP contribution is 2.21. The molecular weight excluding hydrogens is 300 g/mol. The van der Waals surface area contributed by atoms with Gasteiger partial charge in [-0.2, -0.15) is 5.26 Å². The standard InChI is InChI=1S/C15H14N4O4/c16-6-7-17-14(21)19(15(22)23)8-5-11-9-18(10-20)13-4-2-1-3-12(11)13/h1-4,9-10H,5,7-8H2,(H,17,21)(H,22,23). The number of nitriles is 1. The second kappa shape index (κ2) is 7.09. The Hall–Kier alpha value is -3.34. The van der Waals surface area contributed by atoms with Crippen molar-refractivity contribution in [3.05, 3.63) is 36.0 Å². The third kappa shape index (κ3) is 3.47. The molecule has 0 unspecified atom stereocenters. The molecule has 0 aliphatic heterocycles. The fourth-order valence-electron chi connectivity index (χ4n) is 2.29.